The van der Waals surface area contributed by atoms with E-state index in [1.54, 1.807) is 13.8 Å². The van der Waals surface area contributed by atoms with Gasteiger partial charge in [0.2, 0.25) is 5.91 Å². The summed E-state index contributed by atoms with van der Waals surface area (Å²) in [4.78, 5) is 40.3. The molecule has 1 aliphatic heterocycles. The van der Waals surface area contributed by atoms with E-state index >= 15 is 0 Å². The predicted octanol–water partition coefficient (Wildman–Crippen LogP) is 2.61. The van der Waals surface area contributed by atoms with Gasteiger partial charge >= 0.3 is 6.03 Å². The monoisotopic (exact) mass is 453 g/mol. The van der Waals surface area contributed by atoms with Gasteiger partial charge in [0.1, 0.15) is 5.54 Å². The molecule has 2 aliphatic rings. The number of aromatic nitrogens is 4. The predicted molar refractivity (Wildman–Crippen MR) is 119 cm³/mol. The molecule has 0 bridgehead atoms. The van der Waals surface area contributed by atoms with E-state index in [-0.39, 0.29) is 5.75 Å². The minimum atomic E-state index is -1.00. The van der Waals surface area contributed by atoms with E-state index in [0.717, 1.165) is 40.1 Å². The standard InChI is InChI=1S/C21H23N7O3S/c1-3-21(2)18(30)28(19(31)23-21)26-16(29)11-32-20-25-24-17(27(20)12-8-9-12)14-10-22-15-7-5-4-6-13(14)15/h4-7,10,12,22H,3,8-9,11H2,1-2H3,(H,23,31)(H,26,29)/t21-/m0/s1. The Kier molecular flexibility index (Phi) is 4.92. The molecule has 2 aromatic heterocycles. The molecule has 4 amide bonds. The number of carbonyl (C=O) groups excluding carboxylic acids is 3. The highest BCUT2D eigenvalue weighted by atomic mass is 32.2. The highest BCUT2D eigenvalue weighted by Crippen LogP contribution is 2.42. The maximum atomic E-state index is 12.5. The van der Waals surface area contributed by atoms with Crippen molar-refractivity contribution in [1.82, 2.24) is 35.5 Å². The molecule has 1 saturated carbocycles. The van der Waals surface area contributed by atoms with Crippen LogP contribution in [0.1, 0.15) is 39.2 Å². The number of nitrogens with zero attached hydrogens (tertiary/aromatic N) is 4. The molecule has 166 valence electrons. The highest BCUT2D eigenvalue weighted by molar-refractivity contribution is 7.99. The van der Waals surface area contributed by atoms with Crippen LogP contribution in [0.5, 0.6) is 0 Å². The van der Waals surface area contributed by atoms with Crippen molar-refractivity contribution in [1.29, 1.82) is 0 Å². The molecule has 11 heteroatoms. The molecular weight excluding hydrogens is 430 g/mol. The van der Waals surface area contributed by atoms with Gasteiger partial charge in [0.05, 0.1) is 5.75 Å². The Labute approximate surface area is 188 Å². The van der Waals surface area contributed by atoms with E-state index in [4.69, 9.17) is 0 Å². The zero-order valence-corrected chi connectivity index (χ0v) is 18.5. The van der Waals surface area contributed by atoms with Crippen molar-refractivity contribution in [3.05, 3.63) is 30.5 Å². The lowest BCUT2D eigenvalue weighted by molar-refractivity contribution is -0.137. The summed E-state index contributed by atoms with van der Waals surface area (Å²) in [6, 6.07) is 7.68. The van der Waals surface area contributed by atoms with Crippen LogP contribution in [0.15, 0.2) is 35.6 Å². The number of benzene rings is 1. The normalized spacial score (nSPS) is 20.8. The number of urea groups is 1. The van der Waals surface area contributed by atoms with Gasteiger partial charge in [-0.05, 0) is 32.3 Å². The molecule has 2 fully saturated rings. The summed E-state index contributed by atoms with van der Waals surface area (Å²) < 4.78 is 2.08. The topological polar surface area (TPSA) is 125 Å². The lowest BCUT2D eigenvalue weighted by Crippen LogP contribution is -2.49. The second kappa shape index (κ2) is 7.66. The summed E-state index contributed by atoms with van der Waals surface area (Å²) >= 11 is 1.24. The minimum Gasteiger partial charge on any atom is -0.360 e. The number of rotatable bonds is 7. The van der Waals surface area contributed by atoms with Crippen LogP contribution in [0.2, 0.25) is 0 Å². The average molecular weight is 454 g/mol. The fraction of sp³-hybridized carbons (Fsp3) is 0.381. The zero-order chi connectivity index (χ0) is 22.5. The summed E-state index contributed by atoms with van der Waals surface area (Å²) in [7, 11) is 0. The number of hydrazine groups is 1. The second-order valence-electron chi connectivity index (χ2n) is 8.24. The lowest BCUT2D eigenvalue weighted by atomic mass is 10.00. The average Bonchev–Trinajstić information content (AvgIpc) is 3.33. The molecule has 10 nitrogen and oxygen atoms in total. The van der Waals surface area contributed by atoms with Gasteiger partial charge in [0, 0.05) is 28.7 Å². The van der Waals surface area contributed by atoms with Gasteiger partial charge < -0.3 is 10.3 Å². The van der Waals surface area contributed by atoms with Crippen LogP contribution in [0.4, 0.5) is 4.79 Å². The fourth-order valence-electron chi connectivity index (χ4n) is 3.79. The Morgan fingerprint density at radius 3 is 2.78 bits per heavy atom. The fourth-order valence-corrected chi connectivity index (χ4v) is 4.59. The molecule has 5 rings (SSSR count). The number of para-hydroxylation sites is 1. The van der Waals surface area contributed by atoms with Crippen LogP contribution in [0.25, 0.3) is 22.3 Å². The van der Waals surface area contributed by atoms with Crippen LogP contribution in [0, 0.1) is 0 Å². The molecule has 1 aromatic carbocycles. The molecule has 3 heterocycles. The van der Waals surface area contributed by atoms with Crippen molar-refractivity contribution in [2.75, 3.05) is 5.75 Å². The van der Waals surface area contributed by atoms with Crippen LogP contribution in [-0.2, 0) is 9.59 Å². The number of imide groups is 1. The largest absolute Gasteiger partial charge is 0.360 e. The first-order valence-corrected chi connectivity index (χ1v) is 11.5. The van der Waals surface area contributed by atoms with E-state index in [1.807, 2.05) is 30.5 Å². The Morgan fingerprint density at radius 2 is 2.06 bits per heavy atom. The summed E-state index contributed by atoms with van der Waals surface area (Å²) in [5.74, 6) is -0.164. The van der Waals surface area contributed by atoms with Crippen LogP contribution >= 0.6 is 11.8 Å². The van der Waals surface area contributed by atoms with Crippen molar-refractivity contribution in [2.45, 2.75) is 49.8 Å². The molecule has 32 heavy (non-hydrogen) atoms. The molecule has 1 saturated heterocycles. The maximum absolute atomic E-state index is 12.5. The molecule has 0 radical (unpaired) electrons. The van der Waals surface area contributed by atoms with Crippen molar-refractivity contribution in [3.8, 4) is 11.4 Å². The third-order valence-electron chi connectivity index (χ3n) is 5.94. The number of H-pyrrole nitrogens is 1. The van der Waals surface area contributed by atoms with Crippen molar-refractivity contribution in [3.63, 3.8) is 0 Å². The maximum Gasteiger partial charge on any atom is 0.344 e. The number of aromatic amines is 1. The summed E-state index contributed by atoms with van der Waals surface area (Å²) in [6.07, 6.45) is 4.42. The van der Waals surface area contributed by atoms with E-state index in [1.165, 1.54) is 11.8 Å². The SMILES string of the molecule is CC[C@]1(C)NC(=O)N(NC(=O)CSc2nnc(-c3c[nH]c4ccccc34)n2C2CC2)C1=O. The molecule has 0 spiro atoms. The second-order valence-corrected chi connectivity index (χ2v) is 9.18. The van der Waals surface area contributed by atoms with E-state index in [0.29, 0.717) is 17.6 Å². The molecular formula is C21H23N7O3S. The third-order valence-corrected chi connectivity index (χ3v) is 6.89. The molecule has 3 N–H and O–H groups in total. The Balaban J connectivity index is 1.32. The third kappa shape index (κ3) is 3.42. The first kappa shape index (κ1) is 20.6. The van der Waals surface area contributed by atoms with Gasteiger partial charge in [0.15, 0.2) is 11.0 Å². The molecule has 3 aromatic rings. The number of carbonyl (C=O) groups is 3. The number of hydrogen-bond acceptors (Lipinski definition) is 6. The van der Waals surface area contributed by atoms with Crippen LogP contribution < -0.4 is 10.7 Å². The van der Waals surface area contributed by atoms with Gasteiger partial charge in [-0.3, -0.25) is 19.6 Å². The number of hydrogen-bond donors (Lipinski definition) is 3. The van der Waals surface area contributed by atoms with E-state index < -0.39 is 23.4 Å². The summed E-state index contributed by atoms with van der Waals surface area (Å²) in [5.41, 5.74) is 3.40. The quantitative estimate of drug-likeness (QED) is 0.373. The van der Waals surface area contributed by atoms with Gasteiger partial charge in [-0.15, -0.1) is 10.2 Å². The van der Waals surface area contributed by atoms with E-state index in [9.17, 15) is 14.4 Å². The Hall–Kier alpha value is -3.34. The molecule has 1 atom stereocenters. The lowest BCUT2D eigenvalue weighted by Gasteiger charge is -2.19. The number of amides is 4. The first-order chi connectivity index (χ1) is 15.4. The molecule has 1 aliphatic carbocycles. The van der Waals surface area contributed by atoms with Gasteiger partial charge in [-0.25, -0.2) is 4.79 Å². The van der Waals surface area contributed by atoms with Crippen LogP contribution in [0.3, 0.4) is 0 Å². The van der Waals surface area contributed by atoms with Gasteiger partial charge in [-0.2, -0.15) is 5.01 Å². The van der Waals surface area contributed by atoms with Crippen molar-refractivity contribution < 1.29 is 14.4 Å². The molecule has 0 unspecified atom stereocenters. The zero-order valence-electron chi connectivity index (χ0n) is 17.7. The van der Waals surface area contributed by atoms with Gasteiger partial charge in [0.25, 0.3) is 5.91 Å². The number of fused-ring (bicyclic) bond motifs is 1. The number of nitrogens with one attached hydrogen (secondary N) is 3. The van der Waals surface area contributed by atoms with Crippen LogP contribution in [-0.4, -0.2) is 53.9 Å². The Morgan fingerprint density at radius 1 is 1.28 bits per heavy atom. The first-order valence-electron chi connectivity index (χ1n) is 10.5. The highest BCUT2D eigenvalue weighted by Gasteiger charge is 2.47. The summed E-state index contributed by atoms with van der Waals surface area (Å²) in [6.45, 7) is 3.44. The number of thioether (sulfide) groups is 1. The summed E-state index contributed by atoms with van der Waals surface area (Å²) in [5, 5.41) is 13.8. The Bertz CT molecular complexity index is 1230. The van der Waals surface area contributed by atoms with Crippen molar-refractivity contribution in [2.24, 2.45) is 0 Å². The van der Waals surface area contributed by atoms with E-state index in [2.05, 4.69) is 30.5 Å². The van der Waals surface area contributed by atoms with Gasteiger partial charge in [-0.1, -0.05) is 36.9 Å². The van der Waals surface area contributed by atoms with Crippen molar-refractivity contribution >= 4 is 40.5 Å². The minimum absolute atomic E-state index is 0.00135. The smallest absolute Gasteiger partial charge is 0.344 e.